The second kappa shape index (κ2) is 7.62. The third-order valence-corrected chi connectivity index (χ3v) is 3.73. The summed E-state index contributed by atoms with van der Waals surface area (Å²) >= 11 is 0. The van der Waals surface area contributed by atoms with Gasteiger partial charge in [0.25, 0.3) is 5.91 Å². The number of hydrogen-bond acceptors (Lipinski definition) is 6. The number of amides is 3. The summed E-state index contributed by atoms with van der Waals surface area (Å²) in [6.45, 7) is 6.53. The number of carbonyl (C=O) groups excluding carboxylic acids is 3. The van der Waals surface area contributed by atoms with Gasteiger partial charge < -0.3 is 10.1 Å². The Kier molecular flexibility index (Phi) is 6.27. The van der Waals surface area contributed by atoms with Crippen molar-refractivity contribution in [2.75, 3.05) is 0 Å². The molecule has 25 heavy (non-hydrogen) atoms. The lowest BCUT2D eigenvalue weighted by molar-refractivity contribution is -0.127. The molecule has 1 aromatic rings. The summed E-state index contributed by atoms with van der Waals surface area (Å²) in [6, 6.07) is 4.00. The topological polar surface area (TPSA) is 145 Å². The van der Waals surface area contributed by atoms with Crippen molar-refractivity contribution >= 4 is 27.9 Å². The van der Waals surface area contributed by atoms with Crippen molar-refractivity contribution in [2.24, 2.45) is 5.14 Å². The summed E-state index contributed by atoms with van der Waals surface area (Å²) in [4.78, 5) is 35.2. The molecule has 1 unspecified atom stereocenters. The molecule has 0 aliphatic heterocycles. The van der Waals surface area contributed by atoms with Crippen molar-refractivity contribution in [1.82, 2.24) is 10.6 Å². The molecule has 1 rings (SSSR count). The molecule has 0 fully saturated rings. The molecule has 4 N–H and O–H groups in total. The molecule has 138 valence electrons. The number of carbonyl (C=O) groups is 3. The van der Waals surface area contributed by atoms with Crippen molar-refractivity contribution in [3.05, 3.63) is 29.8 Å². The van der Waals surface area contributed by atoms with Crippen molar-refractivity contribution in [3.63, 3.8) is 0 Å². The van der Waals surface area contributed by atoms with Crippen molar-refractivity contribution in [2.45, 2.75) is 44.2 Å². The van der Waals surface area contributed by atoms with E-state index in [-0.39, 0.29) is 10.5 Å². The van der Waals surface area contributed by atoms with Crippen LogP contribution in [0, 0.1) is 0 Å². The molecule has 0 aromatic heterocycles. The number of urea groups is 1. The van der Waals surface area contributed by atoms with Gasteiger partial charge in [0.15, 0.2) is 6.10 Å². The van der Waals surface area contributed by atoms with E-state index in [9.17, 15) is 22.8 Å². The first kappa shape index (κ1) is 20.6. The Morgan fingerprint density at radius 3 is 2.08 bits per heavy atom. The van der Waals surface area contributed by atoms with Gasteiger partial charge in [-0.2, -0.15) is 0 Å². The molecule has 1 atom stereocenters. The zero-order valence-corrected chi connectivity index (χ0v) is 15.1. The maximum absolute atomic E-state index is 12.0. The average Bonchev–Trinajstić information content (AvgIpc) is 2.44. The number of benzene rings is 1. The third-order valence-electron chi connectivity index (χ3n) is 2.80. The maximum atomic E-state index is 12.0. The molecule has 0 bridgehead atoms. The Hall–Kier alpha value is -2.46. The first-order chi connectivity index (χ1) is 11.3. The number of rotatable bonds is 4. The summed E-state index contributed by atoms with van der Waals surface area (Å²) in [5, 5.41) is 9.55. The number of primary sulfonamides is 1. The second-order valence-corrected chi connectivity index (χ2v) is 7.87. The Bertz CT molecular complexity index is 765. The van der Waals surface area contributed by atoms with Crippen LogP contribution in [0.1, 0.15) is 38.1 Å². The molecule has 0 radical (unpaired) electrons. The van der Waals surface area contributed by atoms with Crippen LogP contribution in [0.3, 0.4) is 0 Å². The lowest BCUT2D eigenvalue weighted by Crippen LogP contribution is -2.50. The van der Waals surface area contributed by atoms with Crippen molar-refractivity contribution < 1.29 is 27.5 Å². The van der Waals surface area contributed by atoms with Crippen LogP contribution in [-0.4, -0.2) is 38.0 Å². The molecule has 1 aromatic carbocycles. The van der Waals surface area contributed by atoms with E-state index in [0.29, 0.717) is 0 Å². The minimum Gasteiger partial charge on any atom is -0.449 e. The number of esters is 1. The molecular formula is C15H21N3O6S. The lowest BCUT2D eigenvalue weighted by Gasteiger charge is -2.21. The largest absolute Gasteiger partial charge is 0.449 e. The zero-order chi connectivity index (χ0) is 19.4. The number of nitrogens with two attached hydrogens (primary N) is 1. The fourth-order valence-corrected chi connectivity index (χ4v) is 2.16. The summed E-state index contributed by atoms with van der Waals surface area (Å²) in [5.41, 5.74) is -0.499. The van der Waals surface area contributed by atoms with Crippen molar-refractivity contribution in [3.8, 4) is 0 Å². The summed E-state index contributed by atoms with van der Waals surface area (Å²) in [6.07, 6.45) is -1.23. The van der Waals surface area contributed by atoms with Gasteiger partial charge in [-0.15, -0.1) is 0 Å². The molecule has 0 aliphatic rings. The Morgan fingerprint density at radius 1 is 1.12 bits per heavy atom. The van der Waals surface area contributed by atoms with Gasteiger partial charge in [0.1, 0.15) is 0 Å². The van der Waals surface area contributed by atoms with E-state index in [1.807, 2.05) is 0 Å². The van der Waals surface area contributed by atoms with E-state index in [4.69, 9.17) is 9.88 Å². The first-order valence-corrected chi connectivity index (χ1v) is 8.81. The molecule has 0 saturated heterocycles. The molecule has 3 amide bonds. The standard InChI is InChI=1S/C15H21N3O6S/c1-9(12(19)17-14(21)18-15(2,3)4)24-13(20)10-5-7-11(8-6-10)25(16,22)23/h5-9H,1-4H3,(H2,16,22,23)(H2,17,18,19,21). The number of imide groups is 1. The van der Waals surface area contributed by atoms with E-state index in [0.717, 1.165) is 12.1 Å². The maximum Gasteiger partial charge on any atom is 0.338 e. The lowest BCUT2D eigenvalue weighted by atomic mass is 10.1. The molecule has 0 heterocycles. The second-order valence-electron chi connectivity index (χ2n) is 6.31. The number of hydrogen-bond donors (Lipinski definition) is 3. The van der Waals surface area contributed by atoms with Gasteiger partial charge in [-0.05, 0) is 52.0 Å². The number of sulfonamides is 1. The van der Waals surface area contributed by atoms with Gasteiger partial charge in [-0.25, -0.2) is 23.1 Å². The monoisotopic (exact) mass is 371 g/mol. The third kappa shape index (κ3) is 6.89. The average molecular weight is 371 g/mol. The molecule has 9 nitrogen and oxygen atoms in total. The first-order valence-electron chi connectivity index (χ1n) is 7.26. The zero-order valence-electron chi connectivity index (χ0n) is 14.3. The van der Waals surface area contributed by atoms with Crippen LogP contribution < -0.4 is 15.8 Å². The van der Waals surface area contributed by atoms with Gasteiger partial charge in [0.2, 0.25) is 10.0 Å². The number of ether oxygens (including phenoxy) is 1. The summed E-state index contributed by atoms with van der Waals surface area (Å²) < 4.78 is 27.3. The molecule has 0 spiro atoms. The highest BCUT2D eigenvalue weighted by Crippen LogP contribution is 2.10. The predicted octanol–water partition coefficient (Wildman–Crippen LogP) is 0.504. The van der Waals surface area contributed by atoms with Crippen LogP contribution in [0.5, 0.6) is 0 Å². The summed E-state index contributed by atoms with van der Waals surface area (Å²) in [7, 11) is -3.87. The Labute approximate surface area is 146 Å². The van der Waals surface area contributed by atoms with Crippen LogP contribution in [0.2, 0.25) is 0 Å². The van der Waals surface area contributed by atoms with Gasteiger partial charge in [0.05, 0.1) is 10.5 Å². The molecular weight excluding hydrogens is 350 g/mol. The fraction of sp³-hybridized carbons (Fsp3) is 0.400. The minimum absolute atomic E-state index is 0.0335. The van der Waals surface area contributed by atoms with Gasteiger partial charge in [-0.1, -0.05) is 0 Å². The van der Waals surface area contributed by atoms with Crippen molar-refractivity contribution in [1.29, 1.82) is 0 Å². The van der Waals surface area contributed by atoms with E-state index >= 15 is 0 Å². The summed E-state index contributed by atoms with van der Waals surface area (Å²) in [5.74, 6) is -1.64. The van der Waals surface area contributed by atoms with Crippen LogP contribution >= 0.6 is 0 Å². The smallest absolute Gasteiger partial charge is 0.338 e. The SMILES string of the molecule is CC(OC(=O)c1ccc(S(N)(=O)=O)cc1)C(=O)NC(=O)NC(C)(C)C. The van der Waals surface area contributed by atoms with E-state index in [2.05, 4.69) is 10.6 Å². The molecule has 0 saturated carbocycles. The quantitative estimate of drug-likeness (QED) is 0.657. The van der Waals surface area contributed by atoms with Crippen LogP contribution in [0.25, 0.3) is 0 Å². The van der Waals surface area contributed by atoms with E-state index in [1.165, 1.54) is 19.1 Å². The highest BCUT2D eigenvalue weighted by atomic mass is 32.2. The molecule has 10 heteroatoms. The van der Waals surface area contributed by atoms with Crippen LogP contribution in [-0.2, 0) is 19.6 Å². The van der Waals surface area contributed by atoms with Crippen LogP contribution in [0.15, 0.2) is 29.2 Å². The fourth-order valence-electron chi connectivity index (χ4n) is 1.65. The van der Waals surface area contributed by atoms with E-state index < -0.39 is 39.6 Å². The predicted molar refractivity (Wildman–Crippen MR) is 89.1 cm³/mol. The Balaban J connectivity index is 2.67. The van der Waals surface area contributed by atoms with E-state index in [1.54, 1.807) is 20.8 Å². The normalized spacial score (nSPS) is 12.8. The van der Waals surface area contributed by atoms with Gasteiger partial charge in [0, 0.05) is 5.54 Å². The molecule has 0 aliphatic carbocycles. The highest BCUT2D eigenvalue weighted by Gasteiger charge is 2.23. The highest BCUT2D eigenvalue weighted by molar-refractivity contribution is 7.89. The van der Waals surface area contributed by atoms with Crippen LogP contribution in [0.4, 0.5) is 4.79 Å². The number of nitrogens with one attached hydrogen (secondary N) is 2. The minimum atomic E-state index is -3.87. The van der Waals surface area contributed by atoms with Gasteiger partial charge in [-0.3, -0.25) is 10.1 Å². The Morgan fingerprint density at radius 2 is 1.64 bits per heavy atom. The van der Waals surface area contributed by atoms with Gasteiger partial charge >= 0.3 is 12.0 Å².